The van der Waals surface area contributed by atoms with Crippen molar-refractivity contribution in [3.63, 3.8) is 0 Å². The molecule has 2 rings (SSSR count). The number of benzene rings is 1. The first kappa shape index (κ1) is 21.5. The Kier molecular flexibility index (Phi) is 8.06. The van der Waals surface area contributed by atoms with Gasteiger partial charge in [-0.25, -0.2) is 9.59 Å². The number of esters is 1. The lowest BCUT2D eigenvalue weighted by Gasteiger charge is -2.11. The monoisotopic (exact) mass is 405 g/mol. The summed E-state index contributed by atoms with van der Waals surface area (Å²) in [7, 11) is 1.60. The first-order valence-corrected chi connectivity index (χ1v) is 9.74. The number of aromatic nitrogens is 2. The molecule has 1 aromatic carbocycles. The third-order valence-electron chi connectivity index (χ3n) is 3.81. The fourth-order valence-corrected chi connectivity index (χ4v) is 3.44. The van der Waals surface area contributed by atoms with E-state index in [-0.39, 0.29) is 28.9 Å². The summed E-state index contributed by atoms with van der Waals surface area (Å²) < 4.78 is 10.3. The number of hydrogen-bond acceptors (Lipinski definition) is 7. The maximum Gasteiger partial charge on any atom is 0.346 e. The van der Waals surface area contributed by atoms with Crippen LogP contribution in [0.1, 0.15) is 28.5 Å². The summed E-state index contributed by atoms with van der Waals surface area (Å²) in [5, 5.41) is 2.99. The Morgan fingerprint density at radius 2 is 2.04 bits per heavy atom. The van der Waals surface area contributed by atoms with Crippen LogP contribution in [0.5, 0.6) is 5.75 Å². The molecule has 2 aromatic rings. The van der Waals surface area contributed by atoms with Crippen LogP contribution in [0.25, 0.3) is 0 Å². The largest absolute Gasteiger partial charge is 0.496 e. The summed E-state index contributed by atoms with van der Waals surface area (Å²) in [6.45, 7) is 3.91. The molecule has 2 N–H and O–H groups in total. The Hall–Kier alpha value is -2.81. The fourth-order valence-electron chi connectivity index (χ4n) is 2.54. The SMILES string of the molecule is CCOC(=O)c1c(SCC(=O)NCCc2ccccc2OC)nc(=O)[nH]c1C. The topological polar surface area (TPSA) is 110 Å². The summed E-state index contributed by atoms with van der Waals surface area (Å²) in [4.78, 5) is 42.2. The lowest BCUT2D eigenvalue weighted by molar-refractivity contribution is -0.118. The van der Waals surface area contributed by atoms with Crippen molar-refractivity contribution in [1.82, 2.24) is 15.3 Å². The van der Waals surface area contributed by atoms with Gasteiger partial charge in [0.05, 0.1) is 19.5 Å². The molecule has 8 nitrogen and oxygen atoms in total. The second-order valence-electron chi connectivity index (χ2n) is 5.77. The van der Waals surface area contributed by atoms with Gasteiger partial charge in [-0.2, -0.15) is 4.98 Å². The van der Waals surface area contributed by atoms with E-state index in [9.17, 15) is 14.4 Å². The predicted molar refractivity (Wildman–Crippen MR) is 106 cm³/mol. The van der Waals surface area contributed by atoms with Crippen molar-refractivity contribution in [3.05, 3.63) is 51.6 Å². The molecule has 9 heteroatoms. The van der Waals surface area contributed by atoms with Gasteiger partial charge in [0.15, 0.2) is 0 Å². The highest BCUT2D eigenvalue weighted by Crippen LogP contribution is 2.22. The molecule has 1 aromatic heterocycles. The number of thioether (sulfide) groups is 1. The molecule has 0 saturated heterocycles. The number of methoxy groups -OCH3 is 1. The fraction of sp³-hybridized carbons (Fsp3) is 0.368. The van der Waals surface area contributed by atoms with Crippen LogP contribution in [0.3, 0.4) is 0 Å². The Morgan fingerprint density at radius 3 is 2.75 bits per heavy atom. The molecule has 1 heterocycles. The standard InChI is InChI=1S/C19H23N3O5S/c1-4-27-18(24)16-12(2)21-19(25)22-17(16)28-11-15(23)20-10-9-13-7-5-6-8-14(13)26-3/h5-8H,4,9-11H2,1-3H3,(H,20,23)(H,21,22,25). The maximum absolute atomic E-state index is 12.1. The Morgan fingerprint density at radius 1 is 1.29 bits per heavy atom. The van der Waals surface area contributed by atoms with Gasteiger partial charge >= 0.3 is 11.7 Å². The predicted octanol–water partition coefficient (Wildman–Crippen LogP) is 1.71. The lowest BCUT2D eigenvalue weighted by atomic mass is 10.1. The number of nitrogens with one attached hydrogen (secondary N) is 2. The maximum atomic E-state index is 12.1. The average molecular weight is 405 g/mol. The van der Waals surface area contributed by atoms with Gasteiger partial charge in [0.2, 0.25) is 5.91 Å². The summed E-state index contributed by atoms with van der Waals surface area (Å²) >= 11 is 1.02. The lowest BCUT2D eigenvalue weighted by Crippen LogP contribution is -2.28. The zero-order valence-electron chi connectivity index (χ0n) is 16.0. The molecular weight excluding hydrogens is 382 g/mol. The molecule has 0 aliphatic rings. The number of aromatic amines is 1. The van der Waals surface area contributed by atoms with Gasteiger partial charge in [-0.15, -0.1) is 0 Å². The number of nitrogens with zero attached hydrogens (tertiary/aromatic N) is 1. The molecule has 150 valence electrons. The van der Waals surface area contributed by atoms with Crippen LogP contribution in [0.4, 0.5) is 0 Å². The molecular formula is C19H23N3O5S. The van der Waals surface area contributed by atoms with Gasteiger partial charge in [-0.1, -0.05) is 30.0 Å². The van der Waals surface area contributed by atoms with Gasteiger partial charge in [-0.05, 0) is 31.9 Å². The number of para-hydroxylation sites is 1. The first-order chi connectivity index (χ1) is 13.5. The van der Waals surface area contributed by atoms with Crippen molar-refractivity contribution in [2.45, 2.75) is 25.3 Å². The normalized spacial score (nSPS) is 10.4. The van der Waals surface area contributed by atoms with Crippen molar-refractivity contribution in [2.75, 3.05) is 26.0 Å². The molecule has 28 heavy (non-hydrogen) atoms. The van der Waals surface area contributed by atoms with Gasteiger partial charge in [0.25, 0.3) is 0 Å². The minimum atomic E-state index is -0.581. The molecule has 0 saturated carbocycles. The van der Waals surface area contributed by atoms with Crippen molar-refractivity contribution >= 4 is 23.6 Å². The van der Waals surface area contributed by atoms with E-state index < -0.39 is 11.7 Å². The molecule has 0 unspecified atom stereocenters. The molecule has 0 bridgehead atoms. The Balaban J connectivity index is 1.95. The molecule has 0 fully saturated rings. The molecule has 0 atom stereocenters. The number of carbonyl (C=O) groups excluding carboxylic acids is 2. The molecule has 0 radical (unpaired) electrons. The Labute approximate surface area is 167 Å². The number of hydrogen-bond donors (Lipinski definition) is 2. The van der Waals surface area contributed by atoms with Gasteiger partial charge in [0, 0.05) is 12.2 Å². The minimum absolute atomic E-state index is 0.0220. The number of carbonyl (C=O) groups is 2. The highest BCUT2D eigenvalue weighted by molar-refractivity contribution is 8.00. The number of ether oxygens (including phenoxy) is 2. The summed E-state index contributed by atoms with van der Waals surface area (Å²) in [5.74, 6) is -0.0144. The van der Waals surface area contributed by atoms with Gasteiger partial charge in [0.1, 0.15) is 16.3 Å². The number of H-pyrrole nitrogens is 1. The second-order valence-corrected chi connectivity index (χ2v) is 6.73. The quantitative estimate of drug-likeness (QED) is 0.371. The third kappa shape index (κ3) is 5.85. The number of aryl methyl sites for hydroxylation is 1. The summed E-state index contributed by atoms with van der Waals surface area (Å²) in [6.07, 6.45) is 0.622. The van der Waals surface area contributed by atoms with Gasteiger partial charge < -0.3 is 19.8 Å². The van der Waals surface area contributed by atoms with E-state index >= 15 is 0 Å². The van der Waals surface area contributed by atoms with E-state index in [1.165, 1.54) is 0 Å². The van der Waals surface area contributed by atoms with E-state index in [1.54, 1.807) is 21.0 Å². The molecule has 1 amide bonds. The molecule has 0 aliphatic heterocycles. The van der Waals surface area contributed by atoms with Crippen molar-refractivity contribution in [2.24, 2.45) is 0 Å². The molecule has 0 spiro atoms. The van der Waals surface area contributed by atoms with Crippen molar-refractivity contribution in [1.29, 1.82) is 0 Å². The molecule has 0 aliphatic carbocycles. The van der Waals surface area contributed by atoms with E-state index in [1.807, 2.05) is 24.3 Å². The minimum Gasteiger partial charge on any atom is -0.496 e. The van der Waals surface area contributed by atoms with E-state index in [0.717, 1.165) is 23.1 Å². The van der Waals surface area contributed by atoms with E-state index in [2.05, 4.69) is 15.3 Å². The van der Waals surface area contributed by atoms with E-state index in [0.29, 0.717) is 18.7 Å². The zero-order valence-corrected chi connectivity index (χ0v) is 16.9. The van der Waals surface area contributed by atoms with Crippen LogP contribution in [-0.2, 0) is 16.0 Å². The third-order valence-corrected chi connectivity index (χ3v) is 4.79. The average Bonchev–Trinajstić information content (AvgIpc) is 2.66. The van der Waals surface area contributed by atoms with Crippen LogP contribution in [0.2, 0.25) is 0 Å². The highest BCUT2D eigenvalue weighted by atomic mass is 32.2. The van der Waals surface area contributed by atoms with Crippen LogP contribution >= 0.6 is 11.8 Å². The van der Waals surface area contributed by atoms with E-state index in [4.69, 9.17) is 9.47 Å². The van der Waals surface area contributed by atoms with Crippen molar-refractivity contribution in [3.8, 4) is 5.75 Å². The van der Waals surface area contributed by atoms with Crippen LogP contribution < -0.4 is 15.7 Å². The highest BCUT2D eigenvalue weighted by Gasteiger charge is 2.20. The second kappa shape index (κ2) is 10.5. The van der Waals surface area contributed by atoms with Crippen molar-refractivity contribution < 1.29 is 19.1 Å². The first-order valence-electron chi connectivity index (χ1n) is 8.75. The smallest absolute Gasteiger partial charge is 0.346 e. The summed E-state index contributed by atoms with van der Waals surface area (Å²) in [6, 6.07) is 7.60. The number of rotatable bonds is 9. The Bertz CT molecular complexity index is 897. The van der Waals surface area contributed by atoms with Crippen LogP contribution in [0, 0.1) is 6.92 Å². The van der Waals surface area contributed by atoms with Gasteiger partial charge in [-0.3, -0.25) is 4.79 Å². The number of amides is 1. The summed E-state index contributed by atoms with van der Waals surface area (Å²) in [5.41, 5.74) is 0.949. The van der Waals surface area contributed by atoms with Crippen LogP contribution in [-0.4, -0.2) is 47.9 Å². The zero-order chi connectivity index (χ0) is 20.5. The van der Waals surface area contributed by atoms with Crippen LogP contribution in [0.15, 0.2) is 34.1 Å².